The number of nitrogens with zero attached hydrogens (tertiary/aromatic N) is 1. The van der Waals surface area contributed by atoms with E-state index >= 15 is 0 Å². The van der Waals surface area contributed by atoms with Crippen molar-refractivity contribution in [3.63, 3.8) is 0 Å². The minimum absolute atomic E-state index is 0.806. The van der Waals surface area contributed by atoms with Crippen molar-refractivity contribution in [2.75, 3.05) is 4.90 Å². The molecule has 0 aliphatic heterocycles. The zero-order valence-corrected chi connectivity index (χ0v) is 43.8. The number of allylic oxidation sites excluding steroid dienone is 4. The van der Waals surface area contributed by atoms with Gasteiger partial charge in [-0.2, -0.15) is 0 Å². The van der Waals surface area contributed by atoms with Gasteiger partial charge in [-0.05, 0) is 170 Å². The first-order valence-corrected chi connectivity index (χ1v) is 27.5. The van der Waals surface area contributed by atoms with Crippen LogP contribution in [0.2, 0.25) is 0 Å². The Balaban J connectivity index is 0.928. The van der Waals surface area contributed by atoms with Crippen molar-refractivity contribution in [2.45, 2.75) is 12.8 Å². The maximum absolute atomic E-state index is 2.42. The molecule has 13 aromatic rings. The summed E-state index contributed by atoms with van der Waals surface area (Å²) in [5.74, 6) is 0. The molecule has 0 spiro atoms. The van der Waals surface area contributed by atoms with E-state index in [-0.39, 0.29) is 0 Å². The molecule has 0 amide bonds. The quantitative estimate of drug-likeness (QED) is 0.130. The van der Waals surface area contributed by atoms with Crippen LogP contribution in [0.1, 0.15) is 24.0 Å². The Hall–Kier alpha value is -10.1. The molecule has 0 bridgehead atoms. The van der Waals surface area contributed by atoms with Crippen LogP contribution in [-0.2, 0) is 0 Å². The summed E-state index contributed by atoms with van der Waals surface area (Å²) in [6, 6.07) is 105. The average Bonchev–Trinajstić information content (AvgIpc) is 3.55. The Bertz CT molecular complexity index is 4270. The number of hydrogen-bond donors (Lipinski definition) is 0. The average molecular weight is 1010 g/mol. The molecule has 0 atom stereocenters. The molecule has 0 fully saturated rings. The Kier molecular flexibility index (Phi) is 12.5. The minimum Gasteiger partial charge on any atom is -0.311 e. The Morgan fingerprint density at radius 3 is 0.734 bits per heavy atom. The lowest BCUT2D eigenvalue weighted by atomic mass is 9.86. The van der Waals surface area contributed by atoms with Crippen LogP contribution in [0.5, 0.6) is 0 Å². The lowest BCUT2D eigenvalue weighted by molar-refractivity contribution is 1.26. The number of rotatable bonds is 9. The highest BCUT2D eigenvalue weighted by molar-refractivity contribution is 6.22. The van der Waals surface area contributed by atoms with E-state index in [1.165, 1.54) is 120 Å². The Morgan fingerprint density at radius 2 is 0.430 bits per heavy atom. The summed E-state index contributed by atoms with van der Waals surface area (Å²) in [7, 11) is 0. The molecule has 1 aliphatic carbocycles. The van der Waals surface area contributed by atoms with E-state index in [9.17, 15) is 0 Å². The molecule has 1 heteroatoms. The monoisotopic (exact) mass is 1010 g/mol. The first-order valence-electron chi connectivity index (χ1n) is 27.5. The molecule has 14 rings (SSSR count). The molecular weight excluding hydrogens is 951 g/mol. The summed E-state index contributed by atoms with van der Waals surface area (Å²) >= 11 is 0. The van der Waals surface area contributed by atoms with E-state index in [0.717, 1.165) is 29.9 Å². The van der Waals surface area contributed by atoms with Gasteiger partial charge < -0.3 is 4.90 Å². The lowest BCUT2D eigenvalue weighted by Gasteiger charge is -2.27. The second-order valence-electron chi connectivity index (χ2n) is 20.5. The van der Waals surface area contributed by atoms with Gasteiger partial charge in [0.05, 0.1) is 0 Å². The van der Waals surface area contributed by atoms with Gasteiger partial charge in [0, 0.05) is 17.1 Å². The van der Waals surface area contributed by atoms with Gasteiger partial charge >= 0.3 is 0 Å². The molecule has 0 unspecified atom stereocenters. The van der Waals surface area contributed by atoms with Crippen LogP contribution in [0.15, 0.2) is 309 Å². The van der Waals surface area contributed by atoms with Gasteiger partial charge in [0.2, 0.25) is 0 Å². The predicted molar refractivity (Wildman–Crippen MR) is 338 cm³/mol. The summed E-state index contributed by atoms with van der Waals surface area (Å²) in [5, 5.41) is 12.5. The second-order valence-corrected chi connectivity index (χ2v) is 20.5. The number of benzene rings is 13. The summed E-state index contributed by atoms with van der Waals surface area (Å²) in [5.41, 5.74) is 18.2. The van der Waals surface area contributed by atoms with Gasteiger partial charge in [-0.25, -0.2) is 0 Å². The summed E-state index contributed by atoms with van der Waals surface area (Å²) in [6.07, 6.45) is 10.6. The number of fused-ring (bicyclic) bond motifs is 5. The summed E-state index contributed by atoms with van der Waals surface area (Å²) in [6.45, 7) is 0. The van der Waals surface area contributed by atoms with Crippen LogP contribution < -0.4 is 15.3 Å². The van der Waals surface area contributed by atoms with Crippen molar-refractivity contribution in [2.24, 2.45) is 0 Å². The van der Waals surface area contributed by atoms with Gasteiger partial charge in [-0.3, -0.25) is 0 Å². The molecular formula is C78H55N. The Labute approximate surface area is 462 Å². The van der Waals surface area contributed by atoms with Crippen molar-refractivity contribution in [3.05, 3.63) is 331 Å². The summed E-state index contributed by atoms with van der Waals surface area (Å²) < 4.78 is 0. The first-order chi connectivity index (χ1) is 39.2. The van der Waals surface area contributed by atoms with Crippen molar-refractivity contribution in [1.82, 2.24) is 0 Å². The van der Waals surface area contributed by atoms with Gasteiger partial charge in [0.1, 0.15) is 0 Å². The predicted octanol–water partition coefficient (Wildman–Crippen LogP) is 19.7. The van der Waals surface area contributed by atoms with Gasteiger partial charge in [0.25, 0.3) is 0 Å². The highest BCUT2D eigenvalue weighted by Crippen LogP contribution is 2.47. The van der Waals surface area contributed by atoms with Gasteiger partial charge in [-0.15, -0.1) is 0 Å². The van der Waals surface area contributed by atoms with E-state index in [1.54, 1.807) is 0 Å². The minimum atomic E-state index is 0.806. The molecule has 1 nitrogen and oxygen atoms in total. The normalized spacial score (nSPS) is 13.9. The lowest BCUT2D eigenvalue weighted by Crippen LogP contribution is -2.29. The van der Waals surface area contributed by atoms with Gasteiger partial charge in [-0.1, -0.05) is 273 Å². The molecule has 0 aromatic heterocycles. The largest absolute Gasteiger partial charge is 0.311 e. The third-order valence-corrected chi connectivity index (χ3v) is 16.0. The van der Waals surface area contributed by atoms with Gasteiger partial charge in [0.15, 0.2) is 0 Å². The third-order valence-electron chi connectivity index (χ3n) is 16.0. The van der Waals surface area contributed by atoms with E-state index in [0.29, 0.717) is 0 Å². The second kappa shape index (κ2) is 20.8. The highest BCUT2D eigenvalue weighted by atomic mass is 15.1. The summed E-state index contributed by atoms with van der Waals surface area (Å²) in [4.78, 5) is 2.42. The van der Waals surface area contributed by atoms with Crippen LogP contribution in [0, 0.1) is 0 Å². The molecule has 0 radical (unpaired) electrons. The van der Waals surface area contributed by atoms with Crippen LogP contribution in [0.25, 0.3) is 98.7 Å². The van der Waals surface area contributed by atoms with Crippen molar-refractivity contribution in [1.29, 1.82) is 0 Å². The number of anilines is 3. The molecule has 0 N–H and O–H groups in total. The van der Waals surface area contributed by atoms with Crippen LogP contribution in [0.3, 0.4) is 0 Å². The van der Waals surface area contributed by atoms with Crippen molar-refractivity contribution >= 4 is 71.3 Å². The molecule has 0 saturated carbocycles. The fourth-order valence-corrected chi connectivity index (χ4v) is 12.5. The molecule has 13 aromatic carbocycles. The maximum Gasteiger partial charge on any atom is 0.0462 e. The first kappa shape index (κ1) is 47.4. The topological polar surface area (TPSA) is 3.24 Å². The van der Waals surface area contributed by atoms with Crippen LogP contribution in [-0.4, -0.2) is 0 Å². The van der Waals surface area contributed by atoms with E-state index in [4.69, 9.17) is 0 Å². The van der Waals surface area contributed by atoms with E-state index in [2.05, 4.69) is 314 Å². The van der Waals surface area contributed by atoms with E-state index in [1.807, 2.05) is 0 Å². The Morgan fingerprint density at radius 1 is 0.203 bits per heavy atom. The van der Waals surface area contributed by atoms with Crippen molar-refractivity contribution < 1.29 is 0 Å². The van der Waals surface area contributed by atoms with E-state index < -0.39 is 0 Å². The zero-order valence-electron chi connectivity index (χ0n) is 43.8. The smallest absolute Gasteiger partial charge is 0.0462 e. The zero-order chi connectivity index (χ0) is 52.5. The molecule has 372 valence electrons. The fraction of sp³-hybridized carbons (Fsp3) is 0.0256. The molecule has 0 heterocycles. The molecule has 1 aliphatic rings. The van der Waals surface area contributed by atoms with Crippen LogP contribution >= 0.6 is 0 Å². The fourth-order valence-electron chi connectivity index (χ4n) is 12.5. The van der Waals surface area contributed by atoms with Crippen LogP contribution in [0.4, 0.5) is 17.1 Å². The SMILES string of the molecule is C1=CC/C(c2ccccc2)=c2/cccc/c2=C(\c2ccc(N(c3ccc(-c4c5ccccc5c(-c5ccccc5)c5ccccc45)cc3)c3ccc(-c4c5ccccc5c(-c5ccccc5)c5ccccc45)cc3)cc2)CC=C1. The molecule has 0 saturated heterocycles. The third kappa shape index (κ3) is 8.73. The molecule has 79 heavy (non-hydrogen) atoms. The maximum atomic E-state index is 2.42. The number of hydrogen-bond acceptors (Lipinski definition) is 1. The highest BCUT2D eigenvalue weighted by Gasteiger charge is 2.21. The van der Waals surface area contributed by atoms with Crippen molar-refractivity contribution in [3.8, 4) is 44.5 Å². The standard InChI is InChI=1S/C78H55N/c1-2-13-31-64(66-33-15-14-32-65(66)63(30-12-1)54-24-6-3-7-25-54)55-42-48-60(49-43-55)79(61-50-44-58(45-51-61)77-71-38-20-16-34-67(71)75(56-26-8-4-9-27-56)68-35-17-21-39-72(68)77)62-52-46-59(47-53-62)78-73-40-22-18-36-69(73)76(57-28-10-5-11-29-57)70-37-19-23-41-74(70)78/h1-29,32-53H,30-31H2/b12-1?,13-2?,65-63+,66-64+.